The van der Waals surface area contributed by atoms with Gasteiger partial charge in [0.1, 0.15) is 18.2 Å². The third-order valence-corrected chi connectivity index (χ3v) is 5.34. The first-order chi connectivity index (χ1) is 15.0. The Labute approximate surface area is 184 Å². The summed E-state index contributed by atoms with van der Waals surface area (Å²) in [5.74, 6) is 0.690. The van der Waals surface area contributed by atoms with Crippen molar-refractivity contribution in [1.82, 2.24) is 0 Å². The van der Waals surface area contributed by atoms with Crippen LogP contribution in [-0.4, -0.2) is 24.7 Å². The van der Waals surface area contributed by atoms with Gasteiger partial charge in [-0.3, -0.25) is 9.59 Å². The van der Waals surface area contributed by atoms with E-state index in [0.29, 0.717) is 22.8 Å². The Kier molecular flexibility index (Phi) is 8.06. The molecule has 1 N–H and O–H groups in total. The summed E-state index contributed by atoms with van der Waals surface area (Å²) in [6.45, 7) is 0.135. The Morgan fingerprint density at radius 2 is 1.55 bits per heavy atom. The van der Waals surface area contributed by atoms with Crippen LogP contribution >= 0.6 is 11.8 Å². The second kappa shape index (κ2) is 11.2. The maximum absolute atomic E-state index is 12.9. The summed E-state index contributed by atoms with van der Waals surface area (Å²) in [5, 5.41) is 2.82. The number of benzene rings is 3. The van der Waals surface area contributed by atoms with Crippen molar-refractivity contribution in [3.8, 4) is 5.75 Å². The molecule has 0 spiro atoms. The van der Waals surface area contributed by atoms with Gasteiger partial charge in [-0.2, -0.15) is 0 Å². The van der Waals surface area contributed by atoms with E-state index in [1.54, 1.807) is 67.8 Å². The van der Waals surface area contributed by atoms with Gasteiger partial charge < -0.3 is 14.8 Å². The second-order valence-corrected chi connectivity index (χ2v) is 7.65. The van der Waals surface area contributed by atoms with Crippen LogP contribution in [-0.2, 0) is 21.9 Å². The van der Waals surface area contributed by atoms with Gasteiger partial charge in [0.25, 0.3) is 5.91 Å². The summed E-state index contributed by atoms with van der Waals surface area (Å²) in [7, 11) is 1.58. The van der Waals surface area contributed by atoms with Crippen LogP contribution in [0, 0.1) is 5.82 Å². The zero-order valence-electron chi connectivity index (χ0n) is 17.0. The lowest BCUT2D eigenvalue weighted by Gasteiger charge is -2.08. The predicted octanol–water partition coefficient (Wildman–Crippen LogP) is 5.06. The number of hydrogen-bond acceptors (Lipinski definition) is 5. The lowest BCUT2D eigenvalue weighted by Crippen LogP contribution is -2.12. The molecule has 0 saturated heterocycles. The van der Waals surface area contributed by atoms with E-state index in [9.17, 15) is 14.0 Å². The largest absolute Gasteiger partial charge is 0.497 e. The molecule has 3 rings (SSSR count). The zero-order valence-corrected chi connectivity index (χ0v) is 17.8. The Morgan fingerprint density at radius 3 is 2.19 bits per heavy atom. The minimum absolute atomic E-state index is 0.135. The van der Waals surface area contributed by atoms with Crippen molar-refractivity contribution in [1.29, 1.82) is 0 Å². The molecule has 31 heavy (non-hydrogen) atoms. The fraction of sp³-hybridized carbons (Fsp3) is 0.167. The molecule has 0 aliphatic heterocycles. The molecule has 5 nitrogen and oxygen atoms in total. The van der Waals surface area contributed by atoms with E-state index in [-0.39, 0.29) is 30.1 Å². The van der Waals surface area contributed by atoms with Crippen LogP contribution in [0.1, 0.15) is 21.5 Å². The van der Waals surface area contributed by atoms with E-state index >= 15 is 0 Å². The lowest BCUT2D eigenvalue weighted by molar-refractivity contribution is -0.141. The number of thioether (sulfide) groups is 1. The average Bonchev–Trinajstić information content (AvgIpc) is 2.80. The summed E-state index contributed by atoms with van der Waals surface area (Å²) < 4.78 is 23.3. The Hall–Kier alpha value is -3.32. The third-order valence-electron chi connectivity index (χ3n) is 4.37. The summed E-state index contributed by atoms with van der Waals surface area (Å²) >= 11 is 1.41. The van der Waals surface area contributed by atoms with Crippen LogP contribution in [0.25, 0.3) is 0 Å². The second-order valence-electron chi connectivity index (χ2n) is 6.66. The number of halogens is 1. The van der Waals surface area contributed by atoms with Crippen LogP contribution in [0.5, 0.6) is 5.75 Å². The Morgan fingerprint density at radius 1 is 0.903 bits per heavy atom. The van der Waals surface area contributed by atoms with Crippen molar-refractivity contribution >= 4 is 29.3 Å². The van der Waals surface area contributed by atoms with Crippen molar-refractivity contribution in [3.63, 3.8) is 0 Å². The fourth-order valence-corrected chi connectivity index (χ4v) is 3.45. The van der Waals surface area contributed by atoms with Crippen LogP contribution in [0.15, 0.2) is 72.8 Å². The Bertz CT molecular complexity index is 1010. The van der Waals surface area contributed by atoms with Crippen LogP contribution < -0.4 is 10.1 Å². The molecule has 160 valence electrons. The van der Waals surface area contributed by atoms with Crippen molar-refractivity contribution < 1.29 is 23.5 Å². The summed E-state index contributed by atoms with van der Waals surface area (Å²) in [6.07, 6.45) is 0. The smallest absolute Gasteiger partial charge is 0.316 e. The summed E-state index contributed by atoms with van der Waals surface area (Å²) in [4.78, 5) is 24.3. The van der Waals surface area contributed by atoms with Gasteiger partial charge in [0, 0.05) is 17.0 Å². The molecule has 0 aromatic heterocycles. The number of methoxy groups -OCH3 is 1. The topological polar surface area (TPSA) is 64.6 Å². The molecular weight excluding hydrogens is 417 g/mol. The first kappa shape index (κ1) is 22.4. The van der Waals surface area contributed by atoms with Gasteiger partial charge in [0.2, 0.25) is 0 Å². The number of hydrogen-bond donors (Lipinski definition) is 1. The fourth-order valence-electron chi connectivity index (χ4n) is 2.67. The van der Waals surface area contributed by atoms with Crippen LogP contribution in [0.2, 0.25) is 0 Å². The molecule has 0 saturated carbocycles. The number of esters is 1. The number of nitrogens with one attached hydrogen (secondary N) is 1. The predicted molar refractivity (Wildman–Crippen MR) is 120 cm³/mol. The SMILES string of the molecule is COc1ccc(NC(=O)c2ccc(COC(=O)CSCc3ccc(F)cc3)cc2)cc1. The molecule has 7 heteroatoms. The monoisotopic (exact) mass is 439 g/mol. The highest BCUT2D eigenvalue weighted by molar-refractivity contribution is 7.99. The maximum Gasteiger partial charge on any atom is 0.316 e. The molecule has 1 amide bonds. The average molecular weight is 440 g/mol. The van der Waals surface area contributed by atoms with E-state index < -0.39 is 0 Å². The molecule has 3 aromatic rings. The van der Waals surface area contributed by atoms with Crippen molar-refractivity contribution in [2.45, 2.75) is 12.4 Å². The quantitative estimate of drug-likeness (QED) is 0.472. The molecule has 0 radical (unpaired) electrons. The molecule has 0 atom stereocenters. The molecule has 0 unspecified atom stereocenters. The molecule has 0 heterocycles. The first-order valence-electron chi connectivity index (χ1n) is 9.55. The van der Waals surface area contributed by atoms with Gasteiger partial charge in [0.15, 0.2) is 0 Å². The van der Waals surface area contributed by atoms with Crippen molar-refractivity contribution in [2.75, 3.05) is 18.2 Å². The molecule has 3 aromatic carbocycles. The minimum Gasteiger partial charge on any atom is -0.497 e. The van der Waals surface area contributed by atoms with Crippen molar-refractivity contribution in [3.05, 3.63) is 95.3 Å². The van der Waals surface area contributed by atoms with E-state index in [1.165, 1.54) is 23.9 Å². The summed E-state index contributed by atoms with van der Waals surface area (Å²) in [5.41, 5.74) is 2.91. The van der Waals surface area contributed by atoms with Gasteiger partial charge in [-0.05, 0) is 59.7 Å². The maximum atomic E-state index is 12.9. The standard InChI is InChI=1S/C24H22FNO4S/c1-29-22-12-10-21(11-13-22)26-24(28)19-6-2-17(3-7-19)14-30-23(27)16-31-15-18-4-8-20(25)9-5-18/h2-13H,14-16H2,1H3,(H,26,28). The van der Waals surface area contributed by atoms with Crippen LogP contribution in [0.4, 0.5) is 10.1 Å². The molecule has 0 fully saturated rings. The van der Waals surface area contributed by atoms with Gasteiger partial charge in [-0.1, -0.05) is 24.3 Å². The van der Waals surface area contributed by atoms with E-state index in [4.69, 9.17) is 9.47 Å². The zero-order chi connectivity index (χ0) is 22.1. The lowest BCUT2D eigenvalue weighted by atomic mass is 10.1. The highest BCUT2D eigenvalue weighted by Gasteiger charge is 2.08. The minimum atomic E-state index is -0.326. The van der Waals surface area contributed by atoms with Gasteiger partial charge in [0.05, 0.1) is 12.9 Å². The highest BCUT2D eigenvalue weighted by atomic mass is 32.2. The van der Waals surface area contributed by atoms with Crippen molar-refractivity contribution in [2.24, 2.45) is 0 Å². The van der Waals surface area contributed by atoms with E-state index in [1.807, 2.05) is 0 Å². The van der Waals surface area contributed by atoms with Gasteiger partial charge in [-0.25, -0.2) is 4.39 Å². The first-order valence-corrected chi connectivity index (χ1v) is 10.7. The summed E-state index contributed by atoms with van der Waals surface area (Å²) in [6, 6.07) is 20.1. The van der Waals surface area contributed by atoms with Crippen LogP contribution in [0.3, 0.4) is 0 Å². The Balaban J connectivity index is 1.41. The van der Waals surface area contributed by atoms with Gasteiger partial charge >= 0.3 is 5.97 Å². The number of amides is 1. The molecule has 0 aliphatic rings. The van der Waals surface area contributed by atoms with Gasteiger partial charge in [-0.15, -0.1) is 11.8 Å². The third kappa shape index (κ3) is 7.15. The molecular formula is C24H22FNO4S. The number of carbonyl (C=O) groups is 2. The normalized spacial score (nSPS) is 10.4. The highest BCUT2D eigenvalue weighted by Crippen LogP contribution is 2.17. The number of rotatable bonds is 9. The molecule has 0 aliphatic carbocycles. The number of ether oxygens (including phenoxy) is 2. The molecule has 0 bridgehead atoms. The van der Waals surface area contributed by atoms with E-state index in [0.717, 1.165) is 11.1 Å². The number of anilines is 1. The number of carbonyl (C=O) groups excluding carboxylic acids is 2. The van der Waals surface area contributed by atoms with E-state index in [2.05, 4.69) is 5.32 Å².